The fourth-order valence-corrected chi connectivity index (χ4v) is 3.40. The molecule has 0 saturated carbocycles. The van der Waals surface area contributed by atoms with Gasteiger partial charge in [0, 0.05) is 24.7 Å². The van der Waals surface area contributed by atoms with Gasteiger partial charge >= 0.3 is 0 Å². The third-order valence-corrected chi connectivity index (χ3v) is 4.47. The molecule has 1 aliphatic rings. The molecule has 2 N–H and O–H groups in total. The van der Waals surface area contributed by atoms with Gasteiger partial charge in [0.25, 0.3) is 0 Å². The van der Waals surface area contributed by atoms with E-state index >= 15 is 0 Å². The second-order valence-electron chi connectivity index (χ2n) is 5.66. The summed E-state index contributed by atoms with van der Waals surface area (Å²) >= 11 is 0. The molecule has 2 aromatic rings. The molecule has 0 aliphatic carbocycles. The minimum absolute atomic E-state index is 0.653. The SMILES string of the molecule is CCc1nc2cc(N)ccc2n1CC1CCCN1CC. The van der Waals surface area contributed by atoms with E-state index in [4.69, 9.17) is 10.7 Å². The number of benzene rings is 1. The van der Waals surface area contributed by atoms with Crippen LogP contribution in [0.3, 0.4) is 0 Å². The van der Waals surface area contributed by atoms with Gasteiger partial charge in [0.1, 0.15) is 5.82 Å². The van der Waals surface area contributed by atoms with Crippen LogP contribution in [0.25, 0.3) is 11.0 Å². The molecule has 0 amide bonds. The number of hydrogen-bond acceptors (Lipinski definition) is 3. The molecule has 1 unspecified atom stereocenters. The minimum atomic E-state index is 0.653. The van der Waals surface area contributed by atoms with Gasteiger partial charge in [-0.15, -0.1) is 0 Å². The Morgan fingerprint density at radius 1 is 1.35 bits per heavy atom. The number of nitrogens with two attached hydrogens (primary N) is 1. The average Bonchev–Trinajstić information content (AvgIpc) is 3.03. The van der Waals surface area contributed by atoms with E-state index < -0.39 is 0 Å². The molecule has 3 rings (SSSR count). The molecule has 1 aliphatic heterocycles. The summed E-state index contributed by atoms with van der Waals surface area (Å²) in [6, 6.07) is 6.73. The summed E-state index contributed by atoms with van der Waals surface area (Å²) in [7, 11) is 0. The summed E-state index contributed by atoms with van der Waals surface area (Å²) in [5.74, 6) is 1.17. The van der Waals surface area contributed by atoms with E-state index in [9.17, 15) is 0 Å². The maximum absolute atomic E-state index is 5.87. The zero-order valence-corrected chi connectivity index (χ0v) is 12.5. The summed E-state index contributed by atoms with van der Waals surface area (Å²) in [6.45, 7) is 7.87. The maximum Gasteiger partial charge on any atom is 0.109 e. The maximum atomic E-state index is 5.87. The highest BCUT2D eigenvalue weighted by Gasteiger charge is 2.24. The number of hydrogen-bond donors (Lipinski definition) is 1. The Bertz CT molecular complexity index is 602. The number of nitrogens with zero attached hydrogens (tertiary/aromatic N) is 3. The standard InChI is InChI=1S/C16H24N4/c1-3-16-18-14-10-12(17)7-8-15(14)20(16)11-13-6-5-9-19(13)4-2/h7-8,10,13H,3-6,9,11,17H2,1-2H3. The lowest BCUT2D eigenvalue weighted by Crippen LogP contribution is -2.33. The van der Waals surface area contributed by atoms with E-state index in [0.29, 0.717) is 6.04 Å². The third-order valence-electron chi connectivity index (χ3n) is 4.47. The molecule has 1 saturated heterocycles. The van der Waals surface area contributed by atoms with Gasteiger partial charge in [0.05, 0.1) is 11.0 Å². The number of likely N-dealkylation sites (N-methyl/N-ethyl adjacent to an activating group) is 1. The zero-order valence-electron chi connectivity index (χ0n) is 12.5. The van der Waals surface area contributed by atoms with Crippen LogP contribution in [0.5, 0.6) is 0 Å². The normalized spacial score (nSPS) is 20.0. The Labute approximate surface area is 120 Å². The second-order valence-corrected chi connectivity index (χ2v) is 5.66. The molecule has 4 heteroatoms. The van der Waals surface area contributed by atoms with Gasteiger partial charge in [-0.25, -0.2) is 4.98 Å². The first-order chi connectivity index (χ1) is 9.72. The van der Waals surface area contributed by atoms with E-state index in [1.165, 1.54) is 30.7 Å². The Morgan fingerprint density at radius 2 is 2.20 bits per heavy atom. The number of rotatable bonds is 4. The van der Waals surface area contributed by atoms with Gasteiger partial charge < -0.3 is 10.3 Å². The lowest BCUT2D eigenvalue weighted by molar-refractivity contribution is 0.244. The average molecular weight is 272 g/mol. The number of fused-ring (bicyclic) bond motifs is 1. The van der Waals surface area contributed by atoms with Crippen molar-refractivity contribution in [2.24, 2.45) is 0 Å². The second kappa shape index (κ2) is 5.44. The smallest absolute Gasteiger partial charge is 0.109 e. The van der Waals surface area contributed by atoms with Crippen LogP contribution in [0.1, 0.15) is 32.5 Å². The van der Waals surface area contributed by atoms with E-state index in [0.717, 1.165) is 30.7 Å². The molecule has 20 heavy (non-hydrogen) atoms. The van der Waals surface area contributed by atoms with Crippen LogP contribution in [-0.4, -0.2) is 33.6 Å². The molecule has 0 spiro atoms. The van der Waals surface area contributed by atoms with Crippen molar-refractivity contribution in [3.63, 3.8) is 0 Å². The number of nitrogen functional groups attached to an aromatic ring is 1. The van der Waals surface area contributed by atoms with Gasteiger partial charge in [-0.2, -0.15) is 0 Å². The summed E-state index contributed by atoms with van der Waals surface area (Å²) in [4.78, 5) is 7.34. The monoisotopic (exact) mass is 272 g/mol. The lowest BCUT2D eigenvalue weighted by atomic mass is 10.2. The minimum Gasteiger partial charge on any atom is -0.399 e. The number of likely N-dealkylation sites (tertiary alicyclic amines) is 1. The Morgan fingerprint density at radius 3 is 2.95 bits per heavy atom. The molecule has 1 aromatic carbocycles. The summed E-state index contributed by atoms with van der Waals surface area (Å²) in [5, 5.41) is 0. The summed E-state index contributed by atoms with van der Waals surface area (Å²) < 4.78 is 2.40. The van der Waals surface area contributed by atoms with Crippen LogP contribution >= 0.6 is 0 Å². The fraction of sp³-hybridized carbons (Fsp3) is 0.562. The van der Waals surface area contributed by atoms with Crippen LogP contribution in [0.15, 0.2) is 18.2 Å². The first kappa shape index (κ1) is 13.4. The first-order valence-corrected chi connectivity index (χ1v) is 7.71. The Kier molecular flexibility index (Phi) is 3.66. The van der Waals surface area contributed by atoms with Crippen LogP contribution in [0, 0.1) is 0 Å². The number of aromatic nitrogens is 2. The Balaban J connectivity index is 1.97. The van der Waals surface area contributed by atoms with E-state index in [-0.39, 0.29) is 0 Å². The fourth-order valence-electron chi connectivity index (χ4n) is 3.40. The zero-order chi connectivity index (χ0) is 14.1. The van der Waals surface area contributed by atoms with Crippen LogP contribution in [0.2, 0.25) is 0 Å². The quantitative estimate of drug-likeness (QED) is 0.870. The third kappa shape index (κ3) is 2.29. The van der Waals surface area contributed by atoms with Gasteiger partial charge in [0.15, 0.2) is 0 Å². The largest absolute Gasteiger partial charge is 0.399 e. The predicted molar refractivity (Wildman–Crippen MR) is 83.8 cm³/mol. The van der Waals surface area contributed by atoms with Crippen molar-refractivity contribution in [1.82, 2.24) is 14.5 Å². The van der Waals surface area contributed by atoms with Gasteiger partial charge in [0.2, 0.25) is 0 Å². The highest BCUT2D eigenvalue weighted by Crippen LogP contribution is 2.24. The summed E-state index contributed by atoms with van der Waals surface area (Å²) in [5.41, 5.74) is 8.92. The van der Waals surface area contributed by atoms with Crippen molar-refractivity contribution in [2.45, 2.75) is 45.7 Å². The predicted octanol–water partition coefficient (Wildman–Crippen LogP) is 2.67. The van der Waals surface area contributed by atoms with Crippen molar-refractivity contribution in [3.05, 3.63) is 24.0 Å². The molecule has 0 radical (unpaired) electrons. The molecule has 1 aromatic heterocycles. The van der Waals surface area contributed by atoms with Crippen molar-refractivity contribution in [3.8, 4) is 0 Å². The van der Waals surface area contributed by atoms with Gasteiger partial charge in [-0.3, -0.25) is 4.90 Å². The van der Waals surface area contributed by atoms with Gasteiger partial charge in [-0.05, 0) is 44.1 Å². The first-order valence-electron chi connectivity index (χ1n) is 7.71. The van der Waals surface area contributed by atoms with Crippen LogP contribution in [-0.2, 0) is 13.0 Å². The van der Waals surface area contributed by atoms with Crippen molar-refractivity contribution >= 4 is 16.7 Å². The topological polar surface area (TPSA) is 47.1 Å². The van der Waals surface area contributed by atoms with E-state index in [2.05, 4.69) is 29.4 Å². The van der Waals surface area contributed by atoms with E-state index in [1.54, 1.807) is 0 Å². The molecule has 4 nitrogen and oxygen atoms in total. The van der Waals surface area contributed by atoms with Crippen LogP contribution in [0.4, 0.5) is 5.69 Å². The molecule has 1 fully saturated rings. The molecular formula is C16H24N4. The van der Waals surface area contributed by atoms with Crippen LogP contribution < -0.4 is 5.73 Å². The highest BCUT2D eigenvalue weighted by molar-refractivity contribution is 5.79. The molecule has 0 bridgehead atoms. The van der Waals surface area contributed by atoms with Crippen molar-refractivity contribution in [2.75, 3.05) is 18.8 Å². The van der Waals surface area contributed by atoms with Crippen molar-refractivity contribution < 1.29 is 0 Å². The lowest BCUT2D eigenvalue weighted by Gasteiger charge is -2.24. The molecular weight excluding hydrogens is 248 g/mol. The number of imidazole rings is 1. The molecule has 2 heterocycles. The number of anilines is 1. The van der Waals surface area contributed by atoms with E-state index in [1.807, 2.05) is 12.1 Å². The Hall–Kier alpha value is -1.55. The molecule has 1 atom stereocenters. The van der Waals surface area contributed by atoms with Gasteiger partial charge in [-0.1, -0.05) is 13.8 Å². The molecule has 108 valence electrons. The van der Waals surface area contributed by atoms with Crippen molar-refractivity contribution in [1.29, 1.82) is 0 Å². The summed E-state index contributed by atoms with van der Waals surface area (Å²) in [6.07, 6.45) is 3.58. The highest BCUT2D eigenvalue weighted by atomic mass is 15.2. The number of aryl methyl sites for hydroxylation is 1.